The van der Waals surface area contributed by atoms with Crippen molar-refractivity contribution < 1.29 is 9.47 Å². The van der Waals surface area contributed by atoms with Gasteiger partial charge in [0, 0.05) is 31.4 Å². The van der Waals surface area contributed by atoms with Gasteiger partial charge in [0.1, 0.15) is 5.75 Å². The molecular weight excluding hydrogens is 318 g/mol. The Hall–Kier alpha value is -0.580. The fourth-order valence-electron chi connectivity index (χ4n) is 3.09. The Morgan fingerprint density at radius 1 is 1.35 bits per heavy atom. The van der Waals surface area contributed by atoms with E-state index in [2.05, 4.69) is 46.0 Å². The number of hydrogen-bond acceptors (Lipinski definition) is 3. The second kappa shape index (κ2) is 6.46. The van der Waals surface area contributed by atoms with Crippen LogP contribution in [0.25, 0.3) is 0 Å². The molecule has 0 amide bonds. The van der Waals surface area contributed by atoms with Gasteiger partial charge in [-0.2, -0.15) is 0 Å². The van der Waals surface area contributed by atoms with E-state index in [1.54, 1.807) is 0 Å². The molecule has 0 N–H and O–H groups in total. The van der Waals surface area contributed by atoms with Gasteiger partial charge >= 0.3 is 0 Å². The van der Waals surface area contributed by atoms with Gasteiger partial charge in [-0.15, -0.1) is 0 Å². The molecule has 0 spiro atoms. The highest BCUT2D eigenvalue weighted by Gasteiger charge is 2.24. The van der Waals surface area contributed by atoms with Crippen LogP contribution in [-0.4, -0.2) is 48.7 Å². The number of morpholine rings is 1. The van der Waals surface area contributed by atoms with Crippen LogP contribution in [-0.2, 0) is 17.6 Å². The lowest BCUT2D eigenvalue weighted by molar-refractivity contribution is -0.0648. The molecule has 2 unspecified atom stereocenters. The first kappa shape index (κ1) is 14.4. The maximum absolute atomic E-state index is 5.87. The van der Waals surface area contributed by atoms with Gasteiger partial charge in [-0.05, 0) is 30.5 Å². The van der Waals surface area contributed by atoms with Crippen LogP contribution in [0.15, 0.2) is 18.2 Å². The van der Waals surface area contributed by atoms with Crippen LogP contribution >= 0.6 is 15.9 Å². The van der Waals surface area contributed by atoms with E-state index in [4.69, 9.17) is 9.47 Å². The largest absolute Gasteiger partial charge is 0.493 e. The Kier molecular flexibility index (Phi) is 4.64. The van der Waals surface area contributed by atoms with Crippen molar-refractivity contribution in [1.82, 2.24) is 4.90 Å². The fraction of sp³-hybridized carbons (Fsp3) is 0.625. The van der Waals surface area contributed by atoms with Crippen molar-refractivity contribution in [3.05, 3.63) is 29.3 Å². The van der Waals surface area contributed by atoms with Crippen LogP contribution in [0.1, 0.15) is 18.1 Å². The monoisotopic (exact) mass is 339 g/mol. The molecule has 1 aromatic rings. The van der Waals surface area contributed by atoms with Gasteiger partial charge in [-0.3, -0.25) is 4.90 Å². The molecule has 0 saturated carbocycles. The molecule has 2 aliphatic rings. The highest BCUT2D eigenvalue weighted by atomic mass is 79.9. The number of rotatable bonds is 4. The fourth-order valence-corrected chi connectivity index (χ4v) is 3.45. The lowest BCUT2D eigenvalue weighted by atomic mass is 10.1. The van der Waals surface area contributed by atoms with Crippen LogP contribution in [0.5, 0.6) is 5.75 Å². The predicted octanol–water partition coefficient (Wildman–Crippen LogP) is 2.65. The average molecular weight is 340 g/mol. The number of fused-ring (bicyclic) bond motifs is 1. The molecule has 20 heavy (non-hydrogen) atoms. The van der Waals surface area contributed by atoms with Gasteiger partial charge in [0.05, 0.1) is 18.8 Å². The van der Waals surface area contributed by atoms with Gasteiger partial charge < -0.3 is 9.47 Å². The third-order valence-electron chi connectivity index (χ3n) is 4.04. The highest BCUT2D eigenvalue weighted by Crippen LogP contribution is 2.26. The Morgan fingerprint density at radius 3 is 3.10 bits per heavy atom. The van der Waals surface area contributed by atoms with E-state index in [-0.39, 0.29) is 0 Å². The first-order valence-electron chi connectivity index (χ1n) is 7.43. The third kappa shape index (κ3) is 3.35. The zero-order chi connectivity index (χ0) is 13.9. The maximum Gasteiger partial charge on any atom is 0.122 e. The molecule has 3 nitrogen and oxygen atoms in total. The van der Waals surface area contributed by atoms with Gasteiger partial charge in [0.25, 0.3) is 0 Å². The highest BCUT2D eigenvalue weighted by molar-refractivity contribution is 9.09. The second-order valence-corrected chi connectivity index (χ2v) is 6.42. The molecule has 0 aromatic heterocycles. The number of benzene rings is 1. The lowest BCUT2D eigenvalue weighted by Crippen LogP contribution is -2.47. The Bertz CT molecular complexity index is 466. The Labute approximate surface area is 129 Å². The smallest absolute Gasteiger partial charge is 0.122 e. The molecule has 0 aliphatic carbocycles. The molecule has 110 valence electrons. The SMILES string of the molecule is CC1CN(CCc2ccc3c(c2)CCO3)CC(CBr)O1. The summed E-state index contributed by atoms with van der Waals surface area (Å²) >= 11 is 3.53. The molecule has 4 heteroatoms. The van der Waals surface area contributed by atoms with E-state index in [0.29, 0.717) is 12.2 Å². The van der Waals surface area contributed by atoms with E-state index in [1.165, 1.54) is 11.1 Å². The molecular formula is C16H22BrNO2. The molecule has 1 aromatic carbocycles. The van der Waals surface area contributed by atoms with Crippen molar-refractivity contribution in [3.63, 3.8) is 0 Å². The van der Waals surface area contributed by atoms with Crippen molar-refractivity contribution in [2.75, 3.05) is 31.6 Å². The van der Waals surface area contributed by atoms with E-state index in [9.17, 15) is 0 Å². The number of ether oxygens (including phenoxy) is 2. The summed E-state index contributed by atoms with van der Waals surface area (Å²) in [6.45, 7) is 6.18. The molecule has 1 fully saturated rings. The van der Waals surface area contributed by atoms with Gasteiger partial charge in [0.2, 0.25) is 0 Å². The number of hydrogen-bond donors (Lipinski definition) is 0. The molecule has 0 bridgehead atoms. The van der Waals surface area contributed by atoms with Crippen LogP contribution in [0.2, 0.25) is 0 Å². The van der Waals surface area contributed by atoms with Crippen molar-refractivity contribution in [2.45, 2.75) is 32.0 Å². The average Bonchev–Trinajstić information content (AvgIpc) is 2.92. The van der Waals surface area contributed by atoms with Gasteiger partial charge in [-0.25, -0.2) is 0 Å². The van der Waals surface area contributed by atoms with Crippen LogP contribution in [0, 0.1) is 0 Å². The minimum Gasteiger partial charge on any atom is -0.493 e. The van der Waals surface area contributed by atoms with Crippen LogP contribution < -0.4 is 4.74 Å². The Morgan fingerprint density at radius 2 is 2.25 bits per heavy atom. The van der Waals surface area contributed by atoms with Crippen molar-refractivity contribution in [3.8, 4) is 5.75 Å². The molecule has 3 rings (SSSR count). The molecule has 1 saturated heterocycles. The zero-order valence-electron chi connectivity index (χ0n) is 12.0. The molecule has 2 atom stereocenters. The first-order valence-corrected chi connectivity index (χ1v) is 8.55. The standard InChI is InChI=1S/C16H22BrNO2/c1-12-10-18(11-15(9-17)20-12)6-4-13-2-3-16-14(8-13)5-7-19-16/h2-3,8,12,15H,4-7,9-11H2,1H3. The van der Waals surface area contributed by atoms with Crippen LogP contribution in [0.4, 0.5) is 0 Å². The summed E-state index contributed by atoms with van der Waals surface area (Å²) in [5, 5.41) is 0.921. The first-order chi connectivity index (χ1) is 9.74. The molecule has 0 radical (unpaired) electrons. The van der Waals surface area contributed by atoms with Crippen molar-refractivity contribution >= 4 is 15.9 Å². The molecule has 2 heterocycles. The van der Waals surface area contributed by atoms with Gasteiger partial charge in [0.15, 0.2) is 0 Å². The summed E-state index contributed by atoms with van der Waals surface area (Å²) in [5.74, 6) is 1.08. The van der Waals surface area contributed by atoms with E-state index < -0.39 is 0 Å². The van der Waals surface area contributed by atoms with Gasteiger partial charge in [-0.1, -0.05) is 28.1 Å². The number of alkyl halides is 1. The van der Waals surface area contributed by atoms with E-state index >= 15 is 0 Å². The number of halogens is 1. The summed E-state index contributed by atoms with van der Waals surface area (Å²) in [6.07, 6.45) is 2.82. The van der Waals surface area contributed by atoms with E-state index in [0.717, 1.165) is 50.2 Å². The summed E-state index contributed by atoms with van der Waals surface area (Å²) in [5.41, 5.74) is 2.79. The van der Waals surface area contributed by atoms with E-state index in [1.807, 2.05) is 0 Å². The quantitative estimate of drug-likeness (QED) is 0.787. The summed E-state index contributed by atoms with van der Waals surface area (Å²) in [7, 11) is 0. The van der Waals surface area contributed by atoms with Crippen molar-refractivity contribution in [1.29, 1.82) is 0 Å². The normalized spacial score (nSPS) is 26.3. The lowest BCUT2D eigenvalue weighted by Gasteiger charge is -2.36. The van der Waals surface area contributed by atoms with Crippen molar-refractivity contribution in [2.24, 2.45) is 0 Å². The maximum atomic E-state index is 5.87. The minimum atomic E-state index is 0.326. The Balaban J connectivity index is 1.56. The predicted molar refractivity (Wildman–Crippen MR) is 83.9 cm³/mol. The molecule has 2 aliphatic heterocycles. The minimum absolute atomic E-state index is 0.326. The van der Waals surface area contributed by atoms with Crippen LogP contribution in [0.3, 0.4) is 0 Å². The number of nitrogens with zero attached hydrogens (tertiary/aromatic N) is 1. The topological polar surface area (TPSA) is 21.7 Å². The summed E-state index contributed by atoms with van der Waals surface area (Å²) in [6, 6.07) is 6.64. The zero-order valence-corrected chi connectivity index (χ0v) is 13.6. The third-order valence-corrected chi connectivity index (χ3v) is 4.77. The second-order valence-electron chi connectivity index (χ2n) is 5.77. The summed E-state index contributed by atoms with van der Waals surface area (Å²) < 4.78 is 11.4. The summed E-state index contributed by atoms with van der Waals surface area (Å²) in [4.78, 5) is 2.52.